The molecule has 1 aliphatic rings. The largest absolute Gasteiger partial charge is 0.493 e. The number of benzene rings is 1. The Morgan fingerprint density at radius 3 is 2.42 bits per heavy atom. The molecule has 1 aromatic carbocycles. The topological polar surface area (TPSA) is 60.5 Å². The number of amides is 1. The molecule has 2 aromatic rings. The lowest BCUT2D eigenvalue weighted by Gasteiger charge is -2.32. The zero-order valence-electron chi connectivity index (χ0n) is 20.3. The van der Waals surface area contributed by atoms with Crippen LogP contribution >= 0.6 is 35.3 Å². The van der Waals surface area contributed by atoms with Crippen LogP contribution in [-0.2, 0) is 4.79 Å². The quantitative estimate of drug-likeness (QED) is 0.276. The Labute approximate surface area is 210 Å². The molecule has 2 unspecified atom stereocenters. The highest BCUT2D eigenvalue weighted by molar-refractivity contribution is 8.00. The zero-order valence-corrected chi connectivity index (χ0v) is 22.8. The van der Waals surface area contributed by atoms with Crippen molar-refractivity contribution in [2.24, 2.45) is 0 Å². The second-order valence-electron chi connectivity index (χ2n) is 8.08. The third-order valence-corrected chi connectivity index (χ3v) is 8.75. The van der Waals surface area contributed by atoms with Gasteiger partial charge in [-0.05, 0) is 61.1 Å². The van der Waals surface area contributed by atoms with Crippen LogP contribution in [0.4, 0.5) is 5.69 Å². The minimum atomic E-state index is -0.312. The fraction of sp³-hybridized carbons (Fsp3) is 0.520. The van der Waals surface area contributed by atoms with Gasteiger partial charge in [-0.3, -0.25) is 4.79 Å². The number of rotatable bonds is 10. The number of pyridine rings is 1. The molecule has 0 saturated heterocycles. The van der Waals surface area contributed by atoms with Crippen LogP contribution < -0.4 is 14.8 Å². The summed E-state index contributed by atoms with van der Waals surface area (Å²) in [5.41, 5.74) is 3.99. The van der Waals surface area contributed by atoms with Crippen molar-refractivity contribution in [3.05, 3.63) is 35.0 Å². The Hall–Kier alpha value is -1.51. The Morgan fingerprint density at radius 2 is 1.82 bits per heavy atom. The molecule has 0 fully saturated rings. The Bertz CT molecular complexity index is 959. The van der Waals surface area contributed by atoms with E-state index in [1.54, 1.807) is 49.5 Å². The lowest BCUT2D eigenvalue weighted by Crippen LogP contribution is -2.26. The normalized spacial score (nSPS) is 17.4. The average Bonchev–Trinajstić information content (AvgIpc) is 2.83. The molecule has 3 rings (SSSR count). The van der Waals surface area contributed by atoms with E-state index in [0.717, 1.165) is 44.8 Å². The summed E-state index contributed by atoms with van der Waals surface area (Å²) in [5, 5.41) is 3.75. The minimum absolute atomic E-state index is 0.0169. The number of aromatic nitrogens is 1. The van der Waals surface area contributed by atoms with Crippen molar-refractivity contribution >= 4 is 46.9 Å². The molecular weight excluding hydrogens is 472 g/mol. The first kappa shape index (κ1) is 26.1. The molecule has 0 saturated carbocycles. The number of aryl methyl sites for hydroxylation is 1. The first-order chi connectivity index (χ1) is 16.0. The van der Waals surface area contributed by atoms with E-state index >= 15 is 0 Å². The van der Waals surface area contributed by atoms with Gasteiger partial charge in [0, 0.05) is 16.3 Å². The van der Waals surface area contributed by atoms with Gasteiger partial charge in [0.25, 0.3) is 0 Å². The van der Waals surface area contributed by atoms with E-state index in [4.69, 9.17) is 9.47 Å². The van der Waals surface area contributed by atoms with Crippen molar-refractivity contribution in [3.63, 3.8) is 0 Å². The van der Waals surface area contributed by atoms with E-state index in [1.807, 2.05) is 31.6 Å². The van der Waals surface area contributed by atoms with Crippen molar-refractivity contribution in [1.29, 1.82) is 0 Å². The number of nitrogens with zero attached hydrogens (tertiary/aromatic N) is 1. The molecule has 0 spiro atoms. The van der Waals surface area contributed by atoms with Gasteiger partial charge >= 0.3 is 0 Å². The molecule has 5 nitrogen and oxygen atoms in total. The van der Waals surface area contributed by atoms with E-state index in [2.05, 4.69) is 23.3 Å². The molecule has 0 radical (unpaired) electrons. The van der Waals surface area contributed by atoms with Gasteiger partial charge in [0.1, 0.15) is 10.3 Å². The van der Waals surface area contributed by atoms with Gasteiger partial charge in [-0.25, -0.2) is 4.98 Å². The molecule has 180 valence electrons. The van der Waals surface area contributed by atoms with E-state index < -0.39 is 0 Å². The molecule has 1 aliphatic heterocycles. The molecule has 1 aromatic heterocycles. The molecule has 2 atom stereocenters. The molecule has 0 aliphatic carbocycles. The summed E-state index contributed by atoms with van der Waals surface area (Å²) >= 11 is 4.90. The second-order valence-corrected chi connectivity index (χ2v) is 10.9. The van der Waals surface area contributed by atoms with Crippen LogP contribution in [0.1, 0.15) is 60.6 Å². The van der Waals surface area contributed by atoms with Crippen LogP contribution in [0.25, 0.3) is 0 Å². The first-order valence-electron chi connectivity index (χ1n) is 11.2. The van der Waals surface area contributed by atoms with Gasteiger partial charge in [0.15, 0.2) is 11.5 Å². The minimum Gasteiger partial charge on any atom is -0.493 e. The van der Waals surface area contributed by atoms with Crippen molar-refractivity contribution in [2.75, 3.05) is 37.8 Å². The Balaban J connectivity index is 1.97. The van der Waals surface area contributed by atoms with Crippen LogP contribution in [0.3, 0.4) is 0 Å². The van der Waals surface area contributed by atoms with Crippen LogP contribution in [0.2, 0.25) is 0 Å². The Kier molecular flexibility index (Phi) is 9.70. The number of methoxy groups -OCH3 is 2. The molecule has 1 N–H and O–H groups in total. The summed E-state index contributed by atoms with van der Waals surface area (Å²) in [6.07, 6.45) is 8.75. The van der Waals surface area contributed by atoms with Gasteiger partial charge in [0.05, 0.1) is 19.9 Å². The van der Waals surface area contributed by atoms with Crippen LogP contribution in [0.15, 0.2) is 28.1 Å². The van der Waals surface area contributed by atoms with E-state index in [1.165, 1.54) is 24.8 Å². The number of ether oxygens (including phenoxy) is 2. The van der Waals surface area contributed by atoms with Crippen molar-refractivity contribution in [3.8, 4) is 11.5 Å². The summed E-state index contributed by atoms with van der Waals surface area (Å²) in [6.45, 7) is 4.21. The number of thioether (sulfide) groups is 3. The van der Waals surface area contributed by atoms with E-state index in [0.29, 0.717) is 11.7 Å². The lowest BCUT2D eigenvalue weighted by atomic mass is 9.88. The highest BCUT2D eigenvalue weighted by atomic mass is 32.2. The van der Waals surface area contributed by atoms with Crippen molar-refractivity contribution in [2.45, 2.75) is 60.6 Å². The fourth-order valence-corrected chi connectivity index (χ4v) is 6.88. The van der Waals surface area contributed by atoms with Gasteiger partial charge in [-0.15, -0.1) is 35.3 Å². The molecule has 0 bridgehead atoms. The zero-order chi connectivity index (χ0) is 24.0. The number of carbonyl (C=O) groups excluding carboxylic acids is 1. The summed E-state index contributed by atoms with van der Waals surface area (Å²) in [7, 11) is 3.30. The van der Waals surface area contributed by atoms with Gasteiger partial charge in [-0.1, -0.05) is 26.2 Å². The summed E-state index contributed by atoms with van der Waals surface area (Å²) < 4.78 is 11.2. The van der Waals surface area contributed by atoms with Gasteiger partial charge < -0.3 is 14.8 Å². The summed E-state index contributed by atoms with van der Waals surface area (Å²) in [5.74, 6) is 2.69. The maximum Gasteiger partial charge on any atom is 0.242 e. The fourth-order valence-electron chi connectivity index (χ4n) is 4.21. The maximum atomic E-state index is 13.6. The second kappa shape index (κ2) is 12.3. The first-order valence-corrected chi connectivity index (χ1v) is 14.7. The van der Waals surface area contributed by atoms with E-state index in [9.17, 15) is 4.79 Å². The molecule has 1 amide bonds. The lowest BCUT2D eigenvalue weighted by molar-refractivity contribution is -0.115. The Morgan fingerprint density at radius 1 is 1.12 bits per heavy atom. The van der Waals surface area contributed by atoms with Gasteiger partial charge in [0.2, 0.25) is 5.91 Å². The number of unbranched alkanes of at least 4 members (excludes halogenated alkanes) is 2. The number of nitrogens with one attached hydrogen (secondary N) is 1. The van der Waals surface area contributed by atoms with Crippen LogP contribution in [0, 0.1) is 6.92 Å². The number of anilines is 1. The SMILES string of the molecule is CCCCCC1CSC(C(=O)Nc2c(SC)cc(C)nc2SC)c2cc(OC)c(OC)cc21. The summed E-state index contributed by atoms with van der Waals surface area (Å²) in [6, 6.07) is 6.11. The molecular formula is C25H34N2O3S3. The highest BCUT2D eigenvalue weighted by Gasteiger charge is 2.34. The highest BCUT2D eigenvalue weighted by Crippen LogP contribution is 2.48. The smallest absolute Gasteiger partial charge is 0.242 e. The van der Waals surface area contributed by atoms with Crippen molar-refractivity contribution in [1.82, 2.24) is 4.98 Å². The number of hydrogen-bond acceptors (Lipinski definition) is 7. The third kappa shape index (κ3) is 5.95. The van der Waals surface area contributed by atoms with Gasteiger partial charge in [-0.2, -0.15) is 0 Å². The number of hydrogen-bond donors (Lipinski definition) is 1. The summed E-state index contributed by atoms with van der Waals surface area (Å²) in [4.78, 5) is 19.3. The number of fused-ring (bicyclic) bond motifs is 1. The monoisotopic (exact) mass is 506 g/mol. The third-order valence-electron chi connectivity index (χ3n) is 5.91. The molecule has 8 heteroatoms. The standard InChI is InChI=1S/C25H34N2O3S3/c1-7-8-9-10-16-14-33-23(18-13-20(30-4)19(29-3)12-17(16)18)24(28)27-22-21(31-5)11-15(2)26-25(22)32-6/h11-13,16,23H,7-10,14H2,1-6H3,(H,27,28). The average molecular weight is 507 g/mol. The predicted molar refractivity (Wildman–Crippen MR) is 143 cm³/mol. The van der Waals surface area contributed by atoms with Crippen LogP contribution in [0.5, 0.6) is 11.5 Å². The maximum absolute atomic E-state index is 13.6. The molecule has 2 heterocycles. The predicted octanol–water partition coefficient (Wildman–Crippen LogP) is 6.94. The van der Waals surface area contributed by atoms with Crippen molar-refractivity contribution < 1.29 is 14.3 Å². The van der Waals surface area contributed by atoms with Crippen LogP contribution in [-0.4, -0.2) is 43.4 Å². The molecule has 33 heavy (non-hydrogen) atoms. The number of carbonyl (C=O) groups is 1. The van der Waals surface area contributed by atoms with E-state index in [-0.39, 0.29) is 11.2 Å².